The highest BCUT2D eigenvalue weighted by atomic mass is 16.2. The molecule has 1 unspecified atom stereocenters. The molecule has 0 aromatic heterocycles. The monoisotopic (exact) mass is 401 g/mol. The predicted molar refractivity (Wildman–Crippen MR) is 118 cm³/mol. The third-order valence-electron chi connectivity index (χ3n) is 5.43. The number of Topliss-reactive ketones (excluding diaryl/α,β-unsaturated/α-hetero) is 2. The van der Waals surface area contributed by atoms with E-state index in [0.29, 0.717) is 30.4 Å². The standard InChI is InChI=1S/C26H27NO3/c1-17-15-18(2)23(25(29)16-17)13-14-24(28)21-11-9-20(10-12-21)19(3)27-26(30)22-7-5-4-6-8-22/h4-12,15,19H,13-14,16H2,1-3H3,(H,27,30). The molecule has 1 aliphatic rings. The van der Waals surface area contributed by atoms with Gasteiger partial charge in [0.25, 0.3) is 5.91 Å². The predicted octanol–water partition coefficient (Wildman–Crippen LogP) is 5.38. The van der Waals surface area contributed by atoms with E-state index in [9.17, 15) is 14.4 Å². The van der Waals surface area contributed by atoms with Crippen molar-refractivity contribution in [2.75, 3.05) is 0 Å². The summed E-state index contributed by atoms with van der Waals surface area (Å²) in [6, 6.07) is 16.2. The minimum atomic E-state index is -0.176. The highest BCUT2D eigenvalue weighted by Gasteiger charge is 2.19. The number of amides is 1. The Balaban J connectivity index is 1.59. The molecule has 30 heavy (non-hydrogen) atoms. The topological polar surface area (TPSA) is 63.2 Å². The highest BCUT2D eigenvalue weighted by molar-refractivity contribution is 6.01. The highest BCUT2D eigenvalue weighted by Crippen LogP contribution is 2.25. The van der Waals surface area contributed by atoms with E-state index < -0.39 is 0 Å². The lowest BCUT2D eigenvalue weighted by molar-refractivity contribution is -0.115. The zero-order valence-electron chi connectivity index (χ0n) is 17.7. The molecule has 0 saturated carbocycles. The summed E-state index contributed by atoms with van der Waals surface area (Å²) < 4.78 is 0. The fourth-order valence-electron chi connectivity index (χ4n) is 3.72. The van der Waals surface area contributed by atoms with Gasteiger partial charge >= 0.3 is 0 Å². The van der Waals surface area contributed by atoms with Gasteiger partial charge in [-0.15, -0.1) is 0 Å². The van der Waals surface area contributed by atoms with Crippen LogP contribution in [0.25, 0.3) is 0 Å². The zero-order chi connectivity index (χ0) is 21.7. The first-order chi connectivity index (χ1) is 14.3. The molecule has 1 amide bonds. The molecule has 0 saturated heterocycles. The summed E-state index contributed by atoms with van der Waals surface area (Å²) in [6.45, 7) is 5.80. The molecular formula is C26H27NO3. The Morgan fingerprint density at radius 2 is 1.63 bits per heavy atom. The Labute approximate surface area is 177 Å². The molecule has 154 valence electrons. The van der Waals surface area contributed by atoms with Crippen LogP contribution in [0.4, 0.5) is 0 Å². The normalized spacial score (nSPS) is 14.9. The number of rotatable bonds is 7. The number of carbonyl (C=O) groups is 3. The van der Waals surface area contributed by atoms with Crippen molar-refractivity contribution in [3.63, 3.8) is 0 Å². The van der Waals surface area contributed by atoms with Crippen molar-refractivity contribution in [1.29, 1.82) is 0 Å². The maximum atomic E-state index is 12.6. The van der Waals surface area contributed by atoms with E-state index in [2.05, 4.69) is 5.32 Å². The van der Waals surface area contributed by atoms with Crippen LogP contribution >= 0.6 is 0 Å². The smallest absolute Gasteiger partial charge is 0.251 e. The molecule has 1 aliphatic carbocycles. The van der Waals surface area contributed by atoms with Crippen molar-refractivity contribution in [2.45, 2.75) is 46.1 Å². The van der Waals surface area contributed by atoms with Crippen molar-refractivity contribution < 1.29 is 14.4 Å². The van der Waals surface area contributed by atoms with Gasteiger partial charge in [0.1, 0.15) is 0 Å². The van der Waals surface area contributed by atoms with E-state index in [1.54, 1.807) is 24.3 Å². The largest absolute Gasteiger partial charge is 0.346 e. The molecule has 3 rings (SSSR count). The van der Waals surface area contributed by atoms with Gasteiger partial charge in [0, 0.05) is 24.0 Å². The van der Waals surface area contributed by atoms with Gasteiger partial charge in [0.15, 0.2) is 11.6 Å². The number of allylic oxidation sites excluding steroid dienone is 4. The molecule has 0 aliphatic heterocycles. The lowest BCUT2D eigenvalue weighted by atomic mass is 9.89. The van der Waals surface area contributed by atoms with Crippen LogP contribution in [0.1, 0.15) is 72.4 Å². The molecule has 4 nitrogen and oxygen atoms in total. The van der Waals surface area contributed by atoms with E-state index in [1.165, 1.54) is 0 Å². The minimum absolute atomic E-state index is 0.0156. The summed E-state index contributed by atoms with van der Waals surface area (Å²) in [5.74, 6) is 0.00821. The van der Waals surface area contributed by atoms with Gasteiger partial charge in [-0.1, -0.05) is 54.1 Å². The van der Waals surface area contributed by atoms with Crippen LogP contribution in [0.5, 0.6) is 0 Å². The van der Waals surface area contributed by atoms with Crippen LogP contribution in [-0.4, -0.2) is 17.5 Å². The van der Waals surface area contributed by atoms with Crippen molar-refractivity contribution in [1.82, 2.24) is 5.32 Å². The Kier molecular flexibility index (Phi) is 6.78. The number of benzene rings is 2. The Hall–Kier alpha value is -3.27. The second kappa shape index (κ2) is 9.49. The first-order valence-corrected chi connectivity index (χ1v) is 10.2. The average Bonchev–Trinajstić information content (AvgIpc) is 2.73. The lowest BCUT2D eigenvalue weighted by Crippen LogP contribution is -2.26. The Morgan fingerprint density at radius 3 is 2.27 bits per heavy atom. The molecule has 1 atom stereocenters. The number of hydrogen-bond donors (Lipinski definition) is 1. The van der Waals surface area contributed by atoms with Gasteiger partial charge in [0.05, 0.1) is 6.04 Å². The number of hydrogen-bond acceptors (Lipinski definition) is 3. The quantitative estimate of drug-likeness (QED) is 0.634. The fraction of sp³-hybridized carbons (Fsp3) is 0.269. The molecule has 0 heterocycles. The third-order valence-corrected chi connectivity index (χ3v) is 5.43. The SMILES string of the molecule is CC1=CC(C)=C(CCC(=O)c2ccc(C(C)NC(=O)c3ccccc3)cc2)C(=O)C1. The van der Waals surface area contributed by atoms with Gasteiger partial charge in [-0.25, -0.2) is 0 Å². The Bertz CT molecular complexity index is 1010. The number of nitrogens with one attached hydrogen (secondary N) is 1. The lowest BCUT2D eigenvalue weighted by Gasteiger charge is -2.16. The van der Waals surface area contributed by atoms with Crippen LogP contribution in [0.15, 0.2) is 77.4 Å². The van der Waals surface area contributed by atoms with Crippen molar-refractivity contribution >= 4 is 17.5 Å². The van der Waals surface area contributed by atoms with Crippen molar-refractivity contribution in [3.05, 3.63) is 94.1 Å². The van der Waals surface area contributed by atoms with E-state index in [1.807, 2.05) is 57.2 Å². The van der Waals surface area contributed by atoms with Crippen LogP contribution < -0.4 is 5.32 Å². The van der Waals surface area contributed by atoms with Gasteiger partial charge in [-0.05, 0) is 56.0 Å². The second-order valence-corrected chi connectivity index (χ2v) is 7.86. The van der Waals surface area contributed by atoms with Gasteiger partial charge in [0.2, 0.25) is 0 Å². The molecule has 0 fully saturated rings. The molecule has 2 aromatic carbocycles. The van der Waals surface area contributed by atoms with Crippen LogP contribution in [0.3, 0.4) is 0 Å². The molecule has 4 heteroatoms. The van der Waals surface area contributed by atoms with E-state index in [0.717, 1.165) is 22.3 Å². The maximum absolute atomic E-state index is 12.6. The van der Waals surface area contributed by atoms with Crippen LogP contribution in [0, 0.1) is 0 Å². The van der Waals surface area contributed by atoms with Crippen LogP contribution in [-0.2, 0) is 4.79 Å². The van der Waals surface area contributed by atoms with Gasteiger partial charge < -0.3 is 5.32 Å². The first kappa shape index (κ1) is 21.4. The molecule has 0 radical (unpaired) electrons. The maximum Gasteiger partial charge on any atom is 0.251 e. The van der Waals surface area contributed by atoms with E-state index in [-0.39, 0.29) is 23.5 Å². The fourth-order valence-corrected chi connectivity index (χ4v) is 3.72. The van der Waals surface area contributed by atoms with Gasteiger partial charge in [-0.2, -0.15) is 0 Å². The van der Waals surface area contributed by atoms with Crippen molar-refractivity contribution in [3.8, 4) is 0 Å². The van der Waals surface area contributed by atoms with Crippen molar-refractivity contribution in [2.24, 2.45) is 0 Å². The molecule has 2 aromatic rings. The molecule has 0 spiro atoms. The summed E-state index contributed by atoms with van der Waals surface area (Å²) in [6.07, 6.45) is 3.26. The van der Waals surface area contributed by atoms with Crippen LogP contribution in [0.2, 0.25) is 0 Å². The molecule has 0 bridgehead atoms. The number of ketones is 2. The second-order valence-electron chi connectivity index (χ2n) is 7.86. The van der Waals surface area contributed by atoms with E-state index in [4.69, 9.17) is 0 Å². The van der Waals surface area contributed by atoms with E-state index >= 15 is 0 Å². The van der Waals surface area contributed by atoms with Gasteiger partial charge in [-0.3, -0.25) is 14.4 Å². The number of carbonyl (C=O) groups excluding carboxylic acids is 3. The zero-order valence-corrected chi connectivity index (χ0v) is 17.7. The molecule has 1 N–H and O–H groups in total. The average molecular weight is 402 g/mol. The minimum Gasteiger partial charge on any atom is -0.346 e. The summed E-state index contributed by atoms with van der Waals surface area (Å²) in [7, 11) is 0. The first-order valence-electron chi connectivity index (χ1n) is 10.2. The molecular weight excluding hydrogens is 374 g/mol. The third kappa shape index (κ3) is 5.20. The summed E-state index contributed by atoms with van der Waals surface area (Å²) in [5.41, 5.74) is 4.96. The summed E-state index contributed by atoms with van der Waals surface area (Å²) in [4.78, 5) is 37.1. The summed E-state index contributed by atoms with van der Waals surface area (Å²) in [5, 5.41) is 2.97. The summed E-state index contributed by atoms with van der Waals surface area (Å²) >= 11 is 0. The Morgan fingerprint density at radius 1 is 0.967 bits per heavy atom.